The Kier molecular flexibility index (Phi) is 11.7. The fraction of sp³-hybridized carbons (Fsp3) is 0.700. The second-order valence-corrected chi connectivity index (χ2v) is 2.81. The first-order valence-electron chi connectivity index (χ1n) is 4.03. The molecular formula is C10H18O2. The Balaban J connectivity index is 0. The van der Waals surface area contributed by atoms with Gasteiger partial charge in [-0.3, -0.25) is 0 Å². The van der Waals surface area contributed by atoms with Gasteiger partial charge in [0.25, 0.3) is 0 Å². The number of terminal acetylenes is 1. The lowest BCUT2D eigenvalue weighted by Gasteiger charge is -2.23. The highest BCUT2D eigenvalue weighted by Gasteiger charge is 2.13. The Hall–Kier alpha value is -0.810. The molecule has 70 valence electrons. The lowest BCUT2D eigenvalue weighted by atomic mass is 9.99. The van der Waals surface area contributed by atoms with Gasteiger partial charge in [0.1, 0.15) is 6.79 Å². The molecule has 0 bridgehead atoms. The molecule has 1 heterocycles. The summed E-state index contributed by atoms with van der Waals surface area (Å²) in [6.07, 6.45) is 11.0. The summed E-state index contributed by atoms with van der Waals surface area (Å²) in [7, 11) is 0. The maximum absolute atomic E-state index is 8.00. The van der Waals surface area contributed by atoms with Crippen LogP contribution in [0.15, 0.2) is 0 Å². The van der Waals surface area contributed by atoms with E-state index in [4.69, 9.17) is 9.53 Å². The van der Waals surface area contributed by atoms with Crippen LogP contribution in [0.25, 0.3) is 0 Å². The maximum Gasteiger partial charge on any atom is 0.106 e. The monoisotopic (exact) mass is 170 g/mol. The zero-order chi connectivity index (χ0) is 9.98. The number of ether oxygens (including phenoxy) is 1. The molecule has 0 aromatic rings. The number of carbonyl (C=O) groups is 1. The first-order chi connectivity index (χ1) is 5.79. The fourth-order valence-electron chi connectivity index (χ4n) is 1.22. The van der Waals surface area contributed by atoms with Crippen LogP contribution < -0.4 is 0 Å². The van der Waals surface area contributed by atoms with Gasteiger partial charge in [0.05, 0.1) is 6.10 Å². The van der Waals surface area contributed by atoms with E-state index in [9.17, 15) is 0 Å². The van der Waals surface area contributed by atoms with Crippen LogP contribution in [0.3, 0.4) is 0 Å². The highest BCUT2D eigenvalue weighted by molar-refractivity contribution is 5.10. The van der Waals surface area contributed by atoms with E-state index >= 15 is 0 Å². The molecule has 0 saturated carbocycles. The highest BCUT2D eigenvalue weighted by Crippen LogP contribution is 2.18. The van der Waals surface area contributed by atoms with Gasteiger partial charge in [0.2, 0.25) is 0 Å². The van der Waals surface area contributed by atoms with Crippen molar-refractivity contribution in [1.82, 2.24) is 0 Å². The van der Waals surface area contributed by atoms with Crippen molar-refractivity contribution in [3.05, 3.63) is 0 Å². The van der Waals surface area contributed by atoms with Crippen LogP contribution >= 0.6 is 0 Å². The molecule has 1 saturated heterocycles. The van der Waals surface area contributed by atoms with Crippen molar-refractivity contribution in [3.8, 4) is 12.8 Å². The summed E-state index contributed by atoms with van der Waals surface area (Å²) in [5.74, 6) is 0.888. The molecule has 0 spiro atoms. The Morgan fingerprint density at radius 2 is 1.83 bits per heavy atom. The Morgan fingerprint density at radius 1 is 1.33 bits per heavy atom. The second kappa shape index (κ2) is 10.2. The maximum atomic E-state index is 8.00. The zero-order valence-corrected chi connectivity index (χ0v) is 7.95. The van der Waals surface area contributed by atoms with Crippen LogP contribution in [0.1, 0.15) is 26.7 Å². The molecule has 0 aliphatic carbocycles. The number of hydrogen-bond donors (Lipinski definition) is 0. The van der Waals surface area contributed by atoms with Crippen molar-refractivity contribution in [2.24, 2.45) is 5.92 Å². The van der Waals surface area contributed by atoms with Crippen LogP contribution in [0.2, 0.25) is 0 Å². The van der Waals surface area contributed by atoms with Crippen LogP contribution in [0.5, 0.6) is 0 Å². The Morgan fingerprint density at radius 3 is 2.08 bits per heavy atom. The van der Waals surface area contributed by atoms with E-state index in [0.29, 0.717) is 6.10 Å². The van der Waals surface area contributed by atoms with Gasteiger partial charge in [0, 0.05) is 6.61 Å². The van der Waals surface area contributed by atoms with Gasteiger partial charge in [0.15, 0.2) is 0 Å². The van der Waals surface area contributed by atoms with Gasteiger partial charge < -0.3 is 9.53 Å². The molecule has 0 amide bonds. The van der Waals surface area contributed by atoms with Crippen molar-refractivity contribution in [2.45, 2.75) is 32.8 Å². The SMILES string of the molecule is C#C.C=O.CC1CCO[C@@H](C)C1. The average molecular weight is 170 g/mol. The Bertz CT molecular complexity index is 102. The van der Waals surface area contributed by atoms with E-state index in [0.717, 1.165) is 12.5 Å². The fourth-order valence-corrected chi connectivity index (χ4v) is 1.22. The molecule has 1 aliphatic rings. The summed E-state index contributed by atoms with van der Waals surface area (Å²) in [5, 5.41) is 0. The lowest BCUT2D eigenvalue weighted by Crippen LogP contribution is -2.20. The van der Waals surface area contributed by atoms with Crippen LogP contribution in [-0.2, 0) is 9.53 Å². The molecule has 2 atom stereocenters. The van der Waals surface area contributed by atoms with E-state index in [-0.39, 0.29) is 0 Å². The van der Waals surface area contributed by atoms with E-state index in [1.165, 1.54) is 12.8 Å². The summed E-state index contributed by atoms with van der Waals surface area (Å²) < 4.78 is 5.35. The van der Waals surface area contributed by atoms with Gasteiger partial charge in [-0.1, -0.05) is 6.92 Å². The van der Waals surface area contributed by atoms with Crippen molar-refractivity contribution in [2.75, 3.05) is 6.61 Å². The molecule has 0 N–H and O–H groups in total. The summed E-state index contributed by atoms with van der Waals surface area (Å²) in [5.41, 5.74) is 0. The first kappa shape index (κ1) is 13.8. The number of hydrogen-bond acceptors (Lipinski definition) is 2. The molecule has 2 nitrogen and oxygen atoms in total. The molecule has 0 aromatic carbocycles. The molecule has 1 rings (SSSR count). The highest BCUT2D eigenvalue weighted by atomic mass is 16.5. The molecule has 0 aromatic heterocycles. The summed E-state index contributed by atoms with van der Waals surface area (Å²) in [6, 6.07) is 0. The average Bonchev–Trinajstić information content (AvgIpc) is 2.11. The van der Waals surface area contributed by atoms with Crippen LogP contribution in [0, 0.1) is 18.8 Å². The molecule has 1 unspecified atom stereocenters. The van der Waals surface area contributed by atoms with Crippen LogP contribution in [-0.4, -0.2) is 19.5 Å². The quantitative estimate of drug-likeness (QED) is 0.519. The van der Waals surface area contributed by atoms with Gasteiger partial charge in [-0.15, -0.1) is 12.8 Å². The lowest BCUT2D eigenvalue weighted by molar-refractivity contribution is -0.0979. The predicted molar refractivity (Wildman–Crippen MR) is 50.8 cm³/mol. The van der Waals surface area contributed by atoms with Crippen LogP contribution in [0.4, 0.5) is 0 Å². The molecule has 1 aliphatic heterocycles. The van der Waals surface area contributed by atoms with Gasteiger partial charge in [-0.05, 0) is 25.7 Å². The second-order valence-electron chi connectivity index (χ2n) is 2.81. The normalized spacial score (nSPS) is 27.0. The minimum atomic E-state index is 0.513. The van der Waals surface area contributed by atoms with E-state index < -0.39 is 0 Å². The van der Waals surface area contributed by atoms with Crippen molar-refractivity contribution < 1.29 is 9.53 Å². The molecule has 12 heavy (non-hydrogen) atoms. The predicted octanol–water partition coefficient (Wildman–Crippen LogP) is 1.89. The smallest absolute Gasteiger partial charge is 0.106 e. The summed E-state index contributed by atoms with van der Waals surface area (Å²) in [6.45, 7) is 7.41. The van der Waals surface area contributed by atoms with Gasteiger partial charge in [-0.25, -0.2) is 0 Å². The van der Waals surface area contributed by atoms with Gasteiger partial charge >= 0.3 is 0 Å². The third-order valence-corrected chi connectivity index (χ3v) is 1.75. The standard InChI is InChI=1S/C7H14O.C2H2.CH2O/c1-6-3-4-8-7(2)5-6;2*1-2/h6-7H,3-5H2,1-2H3;1-2H;1H2/t6?,7-;;/m0../s1. The van der Waals surface area contributed by atoms with Gasteiger partial charge in [-0.2, -0.15) is 0 Å². The Labute approximate surface area is 75.3 Å². The van der Waals surface area contributed by atoms with E-state index in [1.807, 2.05) is 6.79 Å². The molecule has 1 fully saturated rings. The first-order valence-corrected chi connectivity index (χ1v) is 4.03. The minimum absolute atomic E-state index is 0.513. The third kappa shape index (κ3) is 7.30. The molecule has 0 radical (unpaired) electrons. The topological polar surface area (TPSA) is 26.3 Å². The molecule has 2 heteroatoms. The summed E-state index contributed by atoms with van der Waals surface area (Å²) >= 11 is 0. The zero-order valence-electron chi connectivity index (χ0n) is 7.95. The molecular weight excluding hydrogens is 152 g/mol. The number of carbonyl (C=O) groups excluding carboxylic acids is 1. The summed E-state index contributed by atoms with van der Waals surface area (Å²) in [4.78, 5) is 8.00. The minimum Gasteiger partial charge on any atom is -0.378 e. The van der Waals surface area contributed by atoms with Crippen molar-refractivity contribution in [1.29, 1.82) is 0 Å². The number of rotatable bonds is 0. The van der Waals surface area contributed by atoms with Crippen molar-refractivity contribution >= 4 is 6.79 Å². The van der Waals surface area contributed by atoms with E-state index in [2.05, 4.69) is 26.7 Å². The van der Waals surface area contributed by atoms with E-state index in [1.54, 1.807) is 0 Å². The van der Waals surface area contributed by atoms with Crippen molar-refractivity contribution in [3.63, 3.8) is 0 Å². The largest absolute Gasteiger partial charge is 0.378 e. The third-order valence-electron chi connectivity index (χ3n) is 1.75.